The molecular weight excluding hydrogens is 747 g/mol. The predicted octanol–water partition coefficient (Wildman–Crippen LogP) is 16.7. The van der Waals surface area contributed by atoms with Crippen molar-refractivity contribution in [2.75, 3.05) is 4.90 Å². The van der Waals surface area contributed by atoms with Crippen LogP contribution >= 0.6 is 0 Å². The van der Waals surface area contributed by atoms with Crippen LogP contribution in [0, 0.1) is 0 Å². The highest BCUT2D eigenvalue weighted by Crippen LogP contribution is 2.47. The Hall–Kier alpha value is -7.74. The molecule has 0 aromatic heterocycles. The van der Waals surface area contributed by atoms with Gasteiger partial charge in [-0.15, -0.1) is 0 Å². The summed E-state index contributed by atoms with van der Waals surface area (Å²) in [6, 6.07) is 89.1. The van der Waals surface area contributed by atoms with Crippen LogP contribution in [0.4, 0.5) is 17.1 Å². The van der Waals surface area contributed by atoms with E-state index in [1.807, 2.05) is 0 Å². The van der Waals surface area contributed by atoms with Gasteiger partial charge in [0.15, 0.2) is 0 Å². The third-order valence-electron chi connectivity index (χ3n) is 12.8. The topological polar surface area (TPSA) is 3.24 Å². The Kier molecular flexibility index (Phi) is 9.84. The van der Waals surface area contributed by atoms with Crippen molar-refractivity contribution in [2.45, 2.75) is 18.8 Å². The SMILES string of the molecule is c1ccc(-c2ccc(N(c3ccc(-c4cccc5ccccc45)cc3)c3ccc(-c4ccccc4[C@@H]4CCc5ccccc5-c5ccccc54)c(-c4ccccc4)c3)cc2)cc1. The molecule has 1 aliphatic rings. The number of benzene rings is 10. The van der Waals surface area contributed by atoms with Gasteiger partial charge in [0.2, 0.25) is 0 Å². The van der Waals surface area contributed by atoms with Crippen molar-refractivity contribution < 1.29 is 0 Å². The largest absolute Gasteiger partial charge is 0.310 e. The van der Waals surface area contributed by atoms with Gasteiger partial charge in [-0.1, -0.05) is 206 Å². The molecule has 10 aromatic carbocycles. The monoisotopic (exact) mass is 791 g/mol. The quantitative estimate of drug-likeness (QED) is 0.148. The van der Waals surface area contributed by atoms with Crippen molar-refractivity contribution >= 4 is 27.8 Å². The molecule has 294 valence electrons. The number of nitrogens with zero attached hydrogens (tertiary/aromatic N) is 1. The van der Waals surface area contributed by atoms with E-state index in [-0.39, 0.29) is 5.92 Å². The number of anilines is 3. The lowest BCUT2D eigenvalue weighted by atomic mass is 9.81. The minimum absolute atomic E-state index is 0.248. The average Bonchev–Trinajstić information content (AvgIpc) is 3.52. The summed E-state index contributed by atoms with van der Waals surface area (Å²) in [5, 5.41) is 2.51. The molecule has 1 nitrogen and oxygen atoms in total. The molecule has 0 saturated heterocycles. The highest BCUT2D eigenvalue weighted by molar-refractivity contribution is 5.97. The number of aryl methyl sites for hydroxylation is 1. The van der Waals surface area contributed by atoms with E-state index in [0.717, 1.165) is 29.9 Å². The van der Waals surface area contributed by atoms with Crippen molar-refractivity contribution in [1.29, 1.82) is 0 Å². The van der Waals surface area contributed by atoms with Gasteiger partial charge in [0.1, 0.15) is 0 Å². The predicted molar refractivity (Wildman–Crippen MR) is 262 cm³/mol. The third-order valence-corrected chi connectivity index (χ3v) is 12.8. The molecule has 0 bridgehead atoms. The van der Waals surface area contributed by atoms with Crippen molar-refractivity contribution in [3.63, 3.8) is 0 Å². The maximum atomic E-state index is 2.41. The van der Waals surface area contributed by atoms with Crippen LogP contribution in [-0.4, -0.2) is 0 Å². The third kappa shape index (κ3) is 6.98. The molecule has 62 heavy (non-hydrogen) atoms. The molecule has 1 aliphatic carbocycles. The lowest BCUT2D eigenvalue weighted by Gasteiger charge is -2.28. The summed E-state index contributed by atoms with van der Waals surface area (Å²) in [7, 11) is 0. The summed E-state index contributed by atoms with van der Waals surface area (Å²) in [6.45, 7) is 0. The highest BCUT2D eigenvalue weighted by atomic mass is 15.1. The standard InChI is InChI=1S/C61H45N/c1-3-16-43(17-4-1)44-30-35-49(36-31-44)62(50-37-32-48(33-38-50)53-29-15-22-45-20-7-9-23-52(45)53)51-39-41-60(61(42-51)46-18-5-2-6-19-46)58-28-14-13-27-57(58)59-40-34-47-21-8-10-24-54(47)55-25-11-12-26-56(55)59/h1-33,35-39,41-42,59H,34,40H2/t59-/m1/s1. The Balaban J connectivity index is 1.06. The summed E-state index contributed by atoms with van der Waals surface area (Å²) >= 11 is 0. The van der Waals surface area contributed by atoms with Gasteiger partial charge in [-0.2, -0.15) is 0 Å². The maximum absolute atomic E-state index is 2.41. The molecule has 0 fully saturated rings. The van der Waals surface area contributed by atoms with Crippen LogP contribution in [0.2, 0.25) is 0 Å². The second kappa shape index (κ2) is 16.4. The number of hydrogen-bond acceptors (Lipinski definition) is 1. The van der Waals surface area contributed by atoms with E-state index in [4.69, 9.17) is 0 Å². The summed E-state index contributed by atoms with van der Waals surface area (Å²) in [5.74, 6) is 0.248. The van der Waals surface area contributed by atoms with Gasteiger partial charge in [0, 0.05) is 23.0 Å². The van der Waals surface area contributed by atoms with E-state index in [0.29, 0.717) is 0 Å². The van der Waals surface area contributed by atoms with Gasteiger partial charge in [-0.05, 0) is 132 Å². The molecule has 0 heterocycles. The lowest BCUT2D eigenvalue weighted by molar-refractivity contribution is 0.727. The Labute approximate surface area is 364 Å². The molecule has 1 atom stereocenters. The molecule has 1 heteroatoms. The van der Waals surface area contributed by atoms with E-state index in [9.17, 15) is 0 Å². The Morgan fingerprint density at radius 2 is 0.790 bits per heavy atom. The first-order valence-corrected chi connectivity index (χ1v) is 21.8. The van der Waals surface area contributed by atoms with E-state index >= 15 is 0 Å². The molecule has 0 amide bonds. The van der Waals surface area contributed by atoms with Crippen LogP contribution in [0.5, 0.6) is 0 Å². The zero-order valence-corrected chi connectivity index (χ0v) is 34.5. The lowest BCUT2D eigenvalue weighted by Crippen LogP contribution is -2.10. The van der Waals surface area contributed by atoms with Gasteiger partial charge >= 0.3 is 0 Å². The van der Waals surface area contributed by atoms with Crippen LogP contribution < -0.4 is 4.90 Å². The Bertz CT molecular complexity index is 3160. The molecule has 0 radical (unpaired) electrons. The number of rotatable bonds is 8. The molecule has 0 unspecified atom stereocenters. The van der Waals surface area contributed by atoms with Gasteiger partial charge in [0.05, 0.1) is 0 Å². The van der Waals surface area contributed by atoms with Gasteiger partial charge in [-0.3, -0.25) is 0 Å². The van der Waals surface area contributed by atoms with Crippen LogP contribution in [-0.2, 0) is 6.42 Å². The van der Waals surface area contributed by atoms with Crippen molar-refractivity contribution in [2.24, 2.45) is 0 Å². The number of hydrogen-bond donors (Lipinski definition) is 0. The van der Waals surface area contributed by atoms with Crippen LogP contribution in [0.3, 0.4) is 0 Å². The molecule has 10 aromatic rings. The molecular formula is C61H45N. The second-order valence-electron chi connectivity index (χ2n) is 16.3. The second-order valence-corrected chi connectivity index (χ2v) is 16.3. The Morgan fingerprint density at radius 1 is 0.306 bits per heavy atom. The zero-order valence-electron chi connectivity index (χ0n) is 34.5. The molecule has 11 rings (SSSR count). The van der Waals surface area contributed by atoms with Crippen LogP contribution in [0.15, 0.2) is 243 Å². The summed E-state index contributed by atoms with van der Waals surface area (Å²) in [4.78, 5) is 2.41. The summed E-state index contributed by atoms with van der Waals surface area (Å²) in [6.07, 6.45) is 2.08. The Morgan fingerprint density at radius 3 is 1.50 bits per heavy atom. The van der Waals surface area contributed by atoms with E-state index in [1.165, 1.54) is 83.1 Å². The highest BCUT2D eigenvalue weighted by Gasteiger charge is 2.26. The van der Waals surface area contributed by atoms with E-state index in [2.05, 4.69) is 248 Å². The molecule has 0 saturated carbocycles. The zero-order chi connectivity index (χ0) is 41.2. The fraction of sp³-hybridized carbons (Fsp3) is 0.0492. The maximum Gasteiger partial charge on any atom is 0.0468 e. The van der Waals surface area contributed by atoms with Crippen molar-refractivity contribution in [1.82, 2.24) is 0 Å². The minimum atomic E-state index is 0.248. The smallest absolute Gasteiger partial charge is 0.0468 e. The van der Waals surface area contributed by atoms with E-state index < -0.39 is 0 Å². The van der Waals surface area contributed by atoms with Crippen LogP contribution in [0.25, 0.3) is 66.4 Å². The first-order chi connectivity index (χ1) is 30.8. The minimum Gasteiger partial charge on any atom is -0.310 e. The average molecular weight is 792 g/mol. The summed E-state index contributed by atoms with van der Waals surface area (Å²) in [5.41, 5.74) is 20.0. The fourth-order valence-electron chi connectivity index (χ4n) is 9.78. The number of fused-ring (bicyclic) bond motifs is 4. The molecule has 0 N–H and O–H groups in total. The first kappa shape index (κ1) is 37.3. The fourth-order valence-corrected chi connectivity index (χ4v) is 9.78. The normalized spacial score (nSPS) is 13.2. The first-order valence-electron chi connectivity index (χ1n) is 21.8. The van der Waals surface area contributed by atoms with Crippen molar-refractivity contribution in [3.8, 4) is 55.6 Å². The van der Waals surface area contributed by atoms with Crippen molar-refractivity contribution in [3.05, 3.63) is 259 Å². The summed E-state index contributed by atoms with van der Waals surface area (Å²) < 4.78 is 0. The molecule has 0 aliphatic heterocycles. The van der Waals surface area contributed by atoms with Gasteiger partial charge in [-0.25, -0.2) is 0 Å². The van der Waals surface area contributed by atoms with Crippen LogP contribution in [0.1, 0.15) is 29.0 Å². The molecule has 0 spiro atoms. The van der Waals surface area contributed by atoms with E-state index in [1.54, 1.807) is 0 Å². The van der Waals surface area contributed by atoms with Gasteiger partial charge in [0.25, 0.3) is 0 Å². The van der Waals surface area contributed by atoms with Gasteiger partial charge < -0.3 is 4.90 Å².